The van der Waals surface area contributed by atoms with Gasteiger partial charge in [-0.1, -0.05) is 58.3 Å². The molecule has 2 unspecified atom stereocenters. The summed E-state index contributed by atoms with van der Waals surface area (Å²) >= 11 is 0. The van der Waals surface area contributed by atoms with Crippen LogP contribution < -0.4 is 11.3 Å². The molecule has 0 bridgehead atoms. The number of sulfone groups is 1. The fourth-order valence-electron chi connectivity index (χ4n) is 2.25. The lowest BCUT2D eigenvalue weighted by Crippen LogP contribution is -2.45. The highest BCUT2D eigenvalue weighted by Crippen LogP contribution is 2.14. The Bertz CT molecular complexity index is 305. The molecule has 0 spiro atoms. The first-order valence-electron chi connectivity index (χ1n) is 7.58. The van der Waals surface area contributed by atoms with E-state index in [1.54, 1.807) is 6.92 Å². The van der Waals surface area contributed by atoms with Crippen LogP contribution in [-0.4, -0.2) is 26.0 Å². The van der Waals surface area contributed by atoms with E-state index in [2.05, 4.69) is 12.3 Å². The van der Waals surface area contributed by atoms with E-state index in [0.29, 0.717) is 0 Å². The average molecular weight is 292 g/mol. The molecule has 3 N–H and O–H groups in total. The van der Waals surface area contributed by atoms with Crippen LogP contribution in [0.2, 0.25) is 0 Å². The topological polar surface area (TPSA) is 72.2 Å². The Morgan fingerprint density at radius 3 is 1.89 bits per heavy atom. The van der Waals surface area contributed by atoms with Crippen LogP contribution in [0.15, 0.2) is 0 Å². The average Bonchev–Trinajstić information content (AvgIpc) is 2.35. The van der Waals surface area contributed by atoms with Gasteiger partial charge in [-0.2, -0.15) is 0 Å². The van der Waals surface area contributed by atoms with Crippen LogP contribution in [0.1, 0.15) is 71.6 Å². The Morgan fingerprint density at radius 2 is 1.47 bits per heavy atom. The van der Waals surface area contributed by atoms with E-state index in [-0.39, 0.29) is 6.04 Å². The summed E-state index contributed by atoms with van der Waals surface area (Å²) in [5.74, 6) is 5.45. The van der Waals surface area contributed by atoms with Gasteiger partial charge in [-0.15, -0.1) is 0 Å². The molecule has 2 atom stereocenters. The maximum absolute atomic E-state index is 11.5. The summed E-state index contributed by atoms with van der Waals surface area (Å²) in [6, 6.07) is -0.130. The summed E-state index contributed by atoms with van der Waals surface area (Å²) in [6.07, 6.45) is 12.1. The normalized spacial score (nSPS) is 15.4. The third-order valence-corrected chi connectivity index (χ3v) is 5.50. The largest absolute Gasteiger partial charge is 0.271 e. The van der Waals surface area contributed by atoms with Crippen molar-refractivity contribution in [3.8, 4) is 0 Å². The Balaban J connectivity index is 3.68. The Kier molecular flexibility index (Phi) is 10.6. The van der Waals surface area contributed by atoms with Gasteiger partial charge in [0.05, 0.1) is 5.25 Å². The monoisotopic (exact) mass is 292 g/mol. The number of hydrogen-bond donors (Lipinski definition) is 2. The minimum Gasteiger partial charge on any atom is -0.271 e. The minimum absolute atomic E-state index is 0.130. The van der Waals surface area contributed by atoms with E-state index in [1.165, 1.54) is 51.2 Å². The van der Waals surface area contributed by atoms with Gasteiger partial charge >= 0.3 is 0 Å². The molecule has 0 heterocycles. The van der Waals surface area contributed by atoms with Crippen molar-refractivity contribution < 1.29 is 8.42 Å². The summed E-state index contributed by atoms with van der Waals surface area (Å²) in [5, 5.41) is -0.415. The van der Waals surface area contributed by atoms with Gasteiger partial charge in [-0.3, -0.25) is 11.3 Å². The lowest BCUT2D eigenvalue weighted by atomic mass is 10.0. The molecule has 0 aliphatic carbocycles. The van der Waals surface area contributed by atoms with Crippen molar-refractivity contribution in [2.24, 2.45) is 5.84 Å². The molecule has 0 amide bonds. The van der Waals surface area contributed by atoms with E-state index in [1.807, 2.05) is 0 Å². The summed E-state index contributed by atoms with van der Waals surface area (Å²) in [6.45, 7) is 3.95. The van der Waals surface area contributed by atoms with Gasteiger partial charge in [0.25, 0.3) is 0 Å². The van der Waals surface area contributed by atoms with Crippen LogP contribution in [0.4, 0.5) is 0 Å². The van der Waals surface area contributed by atoms with Crippen LogP contribution in [-0.2, 0) is 9.84 Å². The van der Waals surface area contributed by atoms with Crippen molar-refractivity contribution in [2.45, 2.75) is 82.9 Å². The molecule has 0 aromatic heterocycles. The second-order valence-electron chi connectivity index (χ2n) is 5.57. The molecule has 5 heteroatoms. The molecule has 0 fully saturated rings. The molecular weight excluding hydrogens is 260 g/mol. The molecular formula is C14H32N2O2S. The standard InChI is InChI=1S/C14H32N2O2S/c1-4-5-6-7-8-9-10-11-12-14(16-15)13(2)19(3,17)18/h13-14,16H,4-12,15H2,1-3H3. The number of rotatable bonds is 12. The summed E-state index contributed by atoms with van der Waals surface area (Å²) in [7, 11) is -3.01. The number of nitrogens with two attached hydrogens (primary N) is 1. The van der Waals surface area contributed by atoms with E-state index >= 15 is 0 Å². The van der Waals surface area contributed by atoms with Gasteiger partial charge in [0.2, 0.25) is 0 Å². The molecule has 116 valence electrons. The zero-order chi connectivity index (χ0) is 14.7. The highest BCUT2D eigenvalue weighted by atomic mass is 32.2. The van der Waals surface area contributed by atoms with Crippen molar-refractivity contribution in [1.82, 2.24) is 5.43 Å². The number of unbranched alkanes of at least 4 members (excludes halogenated alkanes) is 7. The maximum atomic E-state index is 11.5. The third-order valence-electron chi connectivity index (χ3n) is 3.82. The molecule has 0 aliphatic rings. The van der Waals surface area contributed by atoms with E-state index in [4.69, 9.17) is 5.84 Å². The molecule has 0 saturated carbocycles. The van der Waals surface area contributed by atoms with Crippen molar-refractivity contribution in [3.05, 3.63) is 0 Å². The Morgan fingerprint density at radius 1 is 1.00 bits per heavy atom. The fourth-order valence-corrected chi connectivity index (χ4v) is 3.06. The van der Waals surface area contributed by atoms with Crippen molar-refractivity contribution >= 4 is 9.84 Å². The SMILES string of the molecule is CCCCCCCCCCC(NN)C(C)S(C)(=O)=O. The van der Waals surface area contributed by atoms with Gasteiger partial charge < -0.3 is 0 Å². The van der Waals surface area contributed by atoms with E-state index < -0.39 is 15.1 Å². The zero-order valence-electron chi connectivity index (χ0n) is 12.8. The summed E-state index contributed by atoms with van der Waals surface area (Å²) < 4.78 is 22.9. The fraction of sp³-hybridized carbons (Fsp3) is 1.00. The number of hydrazine groups is 1. The molecule has 0 aromatic carbocycles. The quantitative estimate of drug-likeness (QED) is 0.329. The predicted octanol–water partition coefficient (Wildman–Crippen LogP) is 2.78. The maximum Gasteiger partial charge on any atom is 0.151 e. The van der Waals surface area contributed by atoms with Crippen LogP contribution >= 0.6 is 0 Å². The predicted molar refractivity (Wildman–Crippen MR) is 82.6 cm³/mol. The Hall–Kier alpha value is -0.130. The smallest absolute Gasteiger partial charge is 0.151 e. The van der Waals surface area contributed by atoms with Gasteiger partial charge in [-0.25, -0.2) is 8.42 Å². The first-order chi connectivity index (χ1) is 8.93. The van der Waals surface area contributed by atoms with Gasteiger partial charge in [0, 0.05) is 12.3 Å². The molecule has 0 radical (unpaired) electrons. The summed E-state index contributed by atoms with van der Waals surface area (Å²) in [5.41, 5.74) is 2.65. The van der Waals surface area contributed by atoms with Gasteiger partial charge in [-0.05, 0) is 13.3 Å². The highest BCUT2D eigenvalue weighted by Gasteiger charge is 2.24. The molecule has 0 aromatic rings. The van der Waals surface area contributed by atoms with E-state index in [9.17, 15) is 8.42 Å². The van der Waals surface area contributed by atoms with E-state index in [0.717, 1.165) is 12.8 Å². The number of hydrogen-bond acceptors (Lipinski definition) is 4. The second-order valence-corrected chi connectivity index (χ2v) is 7.97. The molecule has 19 heavy (non-hydrogen) atoms. The minimum atomic E-state index is -3.01. The number of nitrogens with one attached hydrogen (secondary N) is 1. The Labute approximate surface area is 119 Å². The van der Waals surface area contributed by atoms with Crippen molar-refractivity contribution in [3.63, 3.8) is 0 Å². The second kappa shape index (κ2) is 10.6. The van der Waals surface area contributed by atoms with Crippen LogP contribution in [0.3, 0.4) is 0 Å². The zero-order valence-corrected chi connectivity index (χ0v) is 13.6. The first kappa shape index (κ1) is 18.9. The first-order valence-corrected chi connectivity index (χ1v) is 9.54. The lowest BCUT2D eigenvalue weighted by Gasteiger charge is -2.21. The third kappa shape index (κ3) is 9.41. The molecule has 4 nitrogen and oxygen atoms in total. The van der Waals surface area contributed by atoms with Crippen LogP contribution in [0, 0.1) is 0 Å². The summed E-state index contributed by atoms with van der Waals surface area (Å²) in [4.78, 5) is 0. The van der Waals surface area contributed by atoms with Crippen LogP contribution in [0.25, 0.3) is 0 Å². The molecule has 0 saturated heterocycles. The molecule has 0 aliphatic heterocycles. The van der Waals surface area contributed by atoms with Gasteiger partial charge in [0.1, 0.15) is 0 Å². The highest BCUT2D eigenvalue weighted by molar-refractivity contribution is 7.91. The molecule has 0 rings (SSSR count). The lowest BCUT2D eigenvalue weighted by molar-refractivity contribution is 0.444. The van der Waals surface area contributed by atoms with Crippen molar-refractivity contribution in [2.75, 3.05) is 6.26 Å². The van der Waals surface area contributed by atoms with Crippen LogP contribution in [0.5, 0.6) is 0 Å². The van der Waals surface area contributed by atoms with Crippen molar-refractivity contribution in [1.29, 1.82) is 0 Å². The van der Waals surface area contributed by atoms with Gasteiger partial charge in [0.15, 0.2) is 9.84 Å².